The van der Waals surface area contributed by atoms with Gasteiger partial charge in [-0.25, -0.2) is 4.79 Å². The van der Waals surface area contributed by atoms with Gasteiger partial charge in [-0.3, -0.25) is 4.79 Å². The van der Waals surface area contributed by atoms with Crippen molar-refractivity contribution < 1.29 is 23.8 Å². The van der Waals surface area contributed by atoms with Crippen molar-refractivity contribution in [1.82, 2.24) is 0 Å². The zero-order valence-electron chi connectivity index (χ0n) is 16.1. The smallest absolute Gasteiger partial charge is 0.338 e. The molecule has 0 aliphatic carbocycles. The first-order valence-electron chi connectivity index (χ1n) is 9.44. The Bertz CT molecular complexity index is 795. The van der Waals surface area contributed by atoms with E-state index in [1.54, 1.807) is 43.3 Å². The van der Waals surface area contributed by atoms with Crippen molar-refractivity contribution >= 4 is 17.6 Å². The molecule has 6 heteroatoms. The number of aryl methyl sites for hydroxylation is 1. The second-order valence-corrected chi connectivity index (χ2v) is 6.87. The number of carbonyl (C=O) groups is 2. The van der Waals surface area contributed by atoms with E-state index in [9.17, 15) is 9.59 Å². The molecule has 1 saturated heterocycles. The van der Waals surface area contributed by atoms with Crippen molar-refractivity contribution in [2.75, 3.05) is 18.5 Å². The van der Waals surface area contributed by atoms with Gasteiger partial charge in [0.05, 0.1) is 11.7 Å². The number of hydrogen-bond acceptors (Lipinski definition) is 5. The summed E-state index contributed by atoms with van der Waals surface area (Å²) in [6.45, 7) is 4.80. The quantitative estimate of drug-likeness (QED) is 0.738. The van der Waals surface area contributed by atoms with E-state index in [1.807, 2.05) is 19.1 Å². The summed E-state index contributed by atoms with van der Waals surface area (Å²) in [5.41, 5.74) is 2.12. The molecule has 28 heavy (non-hydrogen) atoms. The molecule has 2 aromatic rings. The van der Waals surface area contributed by atoms with E-state index >= 15 is 0 Å². The van der Waals surface area contributed by atoms with Crippen molar-refractivity contribution in [3.05, 3.63) is 59.7 Å². The zero-order valence-corrected chi connectivity index (χ0v) is 16.1. The minimum atomic E-state index is -0.913. The van der Waals surface area contributed by atoms with Crippen LogP contribution in [-0.4, -0.2) is 37.3 Å². The molecular weight excluding hydrogens is 358 g/mol. The standard InChI is InChI=1S/C22H25NO5/c1-15-5-9-18(10-6-15)23-21(24)16(2)28-22(25)17-7-11-19(12-8-17)27-14-20-4-3-13-26-20/h5-12,16,20H,3-4,13-14H2,1-2H3,(H,23,24). The molecule has 1 amide bonds. The Morgan fingerprint density at radius 2 is 1.86 bits per heavy atom. The Morgan fingerprint density at radius 3 is 2.50 bits per heavy atom. The number of ether oxygens (including phenoxy) is 3. The summed E-state index contributed by atoms with van der Waals surface area (Å²) >= 11 is 0. The molecule has 1 aliphatic heterocycles. The van der Waals surface area contributed by atoms with Gasteiger partial charge in [-0.05, 0) is 63.1 Å². The Kier molecular flexibility index (Phi) is 6.66. The molecule has 2 aromatic carbocycles. The van der Waals surface area contributed by atoms with Crippen LogP contribution < -0.4 is 10.1 Å². The van der Waals surface area contributed by atoms with E-state index < -0.39 is 12.1 Å². The lowest BCUT2D eigenvalue weighted by atomic mass is 10.2. The van der Waals surface area contributed by atoms with Crippen molar-refractivity contribution in [2.24, 2.45) is 0 Å². The number of esters is 1. The number of amides is 1. The van der Waals surface area contributed by atoms with Crippen LogP contribution in [0.3, 0.4) is 0 Å². The van der Waals surface area contributed by atoms with Crippen LogP contribution in [0.15, 0.2) is 48.5 Å². The van der Waals surface area contributed by atoms with Crippen molar-refractivity contribution in [3.8, 4) is 5.75 Å². The van der Waals surface area contributed by atoms with Gasteiger partial charge >= 0.3 is 5.97 Å². The highest BCUT2D eigenvalue weighted by Crippen LogP contribution is 2.17. The van der Waals surface area contributed by atoms with E-state index in [0.29, 0.717) is 23.6 Å². The Labute approximate surface area is 164 Å². The summed E-state index contributed by atoms with van der Waals surface area (Å²) in [6, 6.07) is 14.1. The van der Waals surface area contributed by atoms with Gasteiger partial charge < -0.3 is 19.5 Å². The van der Waals surface area contributed by atoms with Gasteiger partial charge in [0.1, 0.15) is 12.4 Å². The third kappa shape index (κ3) is 5.57. The lowest BCUT2D eigenvalue weighted by Gasteiger charge is -2.14. The first-order chi connectivity index (χ1) is 13.5. The van der Waals surface area contributed by atoms with Gasteiger partial charge in [-0.1, -0.05) is 17.7 Å². The van der Waals surface area contributed by atoms with E-state index in [4.69, 9.17) is 14.2 Å². The third-order valence-electron chi connectivity index (χ3n) is 4.52. The average molecular weight is 383 g/mol. The summed E-state index contributed by atoms with van der Waals surface area (Å²) < 4.78 is 16.5. The normalized spacial score (nSPS) is 17.0. The van der Waals surface area contributed by atoms with E-state index in [2.05, 4.69) is 5.32 Å². The number of nitrogens with one attached hydrogen (secondary N) is 1. The maximum Gasteiger partial charge on any atom is 0.338 e. The number of hydrogen-bond donors (Lipinski definition) is 1. The summed E-state index contributed by atoms with van der Waals surface area (Å²) in [5, 5.41) is 2.73. The molecule has 0 aromatic heterocycles. The second-order valence-electron chi connectivity index (χ2n) is 6.87. The van der Waals surface area contributed by atoms with Crippen molar-refractivity contribution in [1.29, 1.82) is 0 Å². The first kappa shape index (κ1) is 19.9. The molecular formula is C22H25NO5. The Morgan fingerprint density at radius 1 is 1.14 bits per heavy atom. The molecule has 6 nitrogen and oxygen atoms in total. The monoisotopic (exact) mass is 383 g/mol. The van der Waals surface area contributed by atoms with Gasteiger partial charge in [0.2, 0.25) is 0 Å². The van der Waals surface area contributed by atoms with E-state index in [0.717, 1.165) is 25.0 Å². The van der Waals surface area contributed by atoms with E-state index in [-0.39, 0.29) is 12.0 Å². The summed E-state index contributed by atoms with van der Waals surface area (Å²) in [4.78, 5) is 24.5. The number of anilines is 1. The second kappa shape index (κ2) is 9.37. The molecule has 1 fully saturated rings. The summed E-state index contributed by atoms with van der Waals surface area (Å²) in [5.74, 6) is -0.275. The molecule has 1 heterocycles. The highest BCUT2D eigenvalue weighted by atomic mass is 16.5. The van der Waals surface area contributed by atoms with Gasteiger partial charge in [0.25, 0.3) is 5.91 Å². The third-order valence-corrected chi connectivity index (χ3v) is 4.52. The zero-order chi connectivity index (χ0) is 19.9. The van der Waals surface area contributed by atoms with Gasteiger partial charge in [0.15, 0.2) is 6.10 Å². The van der Waals surface area contributed by atoms with E-state index in [1.165, 1.54) is 0 Å². The first-order valence-corrected chi connectivity index (χ1v) is 9.44. The van der Waals surface area contributed by atoms with Crippen LogP contribution in [0.5, 0.6) is 5.75 Å². The maximum absolute atomic E-state index is 12.3. The number of carbonyl (C=O) groups excluding carboxylic acids is 2. The number of benzene rings is 2. The lowest BCUT2D eigenvalue weighted by Crippen LogP contribution is -2.30. The van der Waals surface area contributed by atoms with Crippen LogP contribution >= 0.6 is 0 Å². The molecule has 148 valence electrons. The van der Waals surface area contributed by atoms with Crippen LogP contribution in [0, 0.1) is 6.92 Å². The van der Waals surface area contributed by atoms with Gasteiger partial charge in [0, 0.05) is 12.3 Å². The minimum absolute atomic E-state index is 0.137. The molecule has 1 aliphatic rings. The lowest BCUT2D eigenvalue weighted by molar-refractivity contribution is -0.123. The average Bonchev–Trinajstić information content (AvgIpc) is 3.22. The Hall–Kier alpha value is -2.86. The molecule has 1 N–H and O–H groups in total. The largest absolute Gasteiger partial charge is 0.491 e. The predicted octanol–water partition coefficient (Wildman–Crippen LogP) is 3.74. The van der Waals surface area contributed by atoms with Crippen LogP contribution in [0.25, 0.3) is 0 Å². The fraction of sp³-hybridized carbons (Fsp3) is 0.364. The topological polar surface area (TPSA) is 73.9 Å². The fourth-order valence-corrected chi connectivity index (χ4v) is 2.82. The highest BCUT2D eigenvalue weighted by molar-refractivity contribution is 5.97. The summed E-state index contributed by atoms with van der Waals surface area (Å²) in [7, 11) is 0. The summed E-state index contributed by atoms with van der Waals surface area (Å²) in [6.07, 6.45) is 1.29. The molecule has 2 atom stereocenters. The molecule has 0 saturated carbocycles. The highest BCUT2D eigenvalue weighted by Gasteiger charge is 2.19. The van der Waals surface area contributed by atoms with Gasteiger partial charge in [-0.2, -0.15) is 0 Å². The Balaban J connectivity index is 1.48. The molecule has 0 spiro atoms. The molecule has 3 rings (SSSR count). The predicted molar refractivity (Wildman–Crippen MR) is 106 cm³/mol. The minimum Gasteiger partial charge on any atom is -0.491 e. The molecule has 0 radical (unpaired) electrons. The number of rotatable bonds is 7. The van der Waals surface area contributed by atoms with Crippen molar-refractivity contribution in [2.45, 2.75) is 38.9 Å². The van der Waals surface area contributed by atoms with Crippen LogP contribution in [-0.2, 0) is 14.3 Å². The molecule has 2 unspecified atom stereocenters. The van der Waals surface area contributed by atoms with Crippen LogP contribution in [0.2, 0.25) is 0 Å². The van der Waals surface area contributed by atoms with Crippen LogP contribution in [0.1, 0.15) is 35.7 Å². The molecule has 0 bridgehead atoms. The van der Waals surface area contributed by atoms with Gasteiger partial charge in [-0.15, -0.1) is 0 Å². The fourth-order valence-electron chi connectivity index (χ4n) is 2.82. The van der Waals surface area contributed by atoms with Crippen LogP contribution in [0.4, 0.5) is 5.69 Å². The maximum atomic E-state index is 12.3. The van der Waals surface area contributed by atoms with Crippen molar-refractivity contribution in [3.63, 3.8) is 0 Å². The SMILES string of the molecule is Cc1ccc(NC(=O)C(C)OC(=O)c2ccc(OCC3CCCO3)cc2)cc1.